The van der Waals surface area contributed by atoms with Gasteiger partial charge in [-0.25, -0.2) is 0 Å². The molecule has 1 aromatic rings. The molecule has 1 nitrogen and oxygen atoms in total. The van der Waals surface area contributed by atoms with Crippen LogP contribution in [0.1, 0.15) is 50.6 Å². The Hall–Kier alpha value is -0.0900. The molecule has 1 saturated carbocycles. The number of halogens is 1. The normalized spacial score (nSPS) is 25.9. The van der Waals surface area contributed by atoms with Crippen molar-refractivity contribution in [3.05, 3.63) is 33.4 Å². The van der Waals surface area contributed by atoms with Crippen molar-refractivity contribution in [1.29, 1.82) is 0 Å². The molecule has 0 amide bonds. The number of hydrogen-bond acceptors (Lipinski definition) is 1. The molecule has 0 heterocycles. The summed E-state index contributed by atoms with van der Waals surface area (Å²) < 4.78 is 1.34. The first-order chi connectivity index (χ1) is 8.76. The highest BCUT2D eigenvalue weighted by Gasteiger charge is 2.30. The molecule has 1 N–H and O–H groups in total. The zero-order chi connectivity index (χ0) is 13.0. The molecule has 0 radical (unpaired) electrons. The van der Waals surface area contributed by atoms with Gasteiger partial charge in [0.15, 0.2) is 0 Å². The van der Waals surface area contributed by atoms with Gasteiger partial charge in [-0.05, 0) is 65.6 Å². The van der Waals surface area contributed by atoms with Crippen LogP contribution in [0.25, 0.3) is 0 Å². The summed E-state index contributed by atoms with van der Waals surface area (Å²) in [5, 5.41) is 3.58. The summed E-state index contributed by atoms with van der Waals surface area (Å²) in [6.07, 6.45) is 6.96. The van der Waals surface area contributed by atoms with E-state index in [0.717, 1.165) is 11.8 Å². The minimum absolute atomic E-state index is 0.532. The van der Waals surface area contributed by atoms with Gasteiger partial charge in [-0.3, -0.25) is 0 Å². The highest BCUT2D eigenvalue weighted by atomic mass is 127. The van der Waals surface area contributed by atoms with E-state index >= 15 is 0 Å². The van der Waals surface area contributed by atoms with Crippen LogP contribution in [0, 0.1) is 15.4 Å². The molecule has 0 aliphatic heterocycles. The predicted molar refractivity (Wildman–Crippen MR) is 86.7 cm³/mol. The van der Waals surface area contributed by atoms with Gasteiger partial charge in [0, 0.05) is 9.61 Å². The van der Waals surface area contributed by atoms with Gasteiger partial charge in [0.05, 0.1) is 0 Å². The molecule has 1 aliphatic rings. The average Bonchev–Trinajstić information content (AvgIpc) is 2.40. The Kier molecular flexibility index (Phi) is 5.49. The third-order valence-corrected chi connectivity index (χ3v) is 5.11. The van der Waals surface area contributed by atoms with Crippen molar-refractivity contribution in [2.75, 3.05) is 7.05 Å². The molecule has 3 atom stereocenters. The van der Waals surface area contributed by atoms with E-state index in [1.54, 1.807) is 0 Å². The van der Waals surface area contributed by atoms with Crippen LogP contribution in [0.4, 0.5) is 0 Å². The van der Waals surface area contributed by atoms with Gasteiger partial charge in [-0.15, -0.1) is 0 Å². The van der Waals surface area contributed by atoms with E-state index < -0.39 is 0 Å². The summed E-state index contributed by atoms with van der Waals surface area (Å²) in [4.78, 5) is 0. The smallest absolute Gasteiger partial charge is 0.0349 e. The number of hydrogen-bond donors (Lipinski definition) is 1. The van der Waals surface area contributed by atoms with Crippen LogP contribution in [0.3, 0.4) is 0 Å². The van der Waals surface area contributed by atoms with Crippen LogP contribution in [0.15, 0.2) is 24.3 Å². The third kappa shape index (κ3) is 3.27. The molecule has 3 unspecified atom stereocenters. The molecule has 2 heteroatoms. The molecule has 0 bridgehead atoms. The monoisotopic (exact) mass is 357 g/mol. The number of nitrogens with one attached hydrogen (secondary N) is 1. The highest BCUT2D eigenvalue weighted by molar-refractivity contribution is 14.1. The Morgan fingerprint density at radius 1 is 1.33 bits per heavy atom. The van der Waals surface area contributed by atoms with Crippen molar-refractivity contribution in [2.24, 2.45) is 11.8 Å². The Morgan fingerprint density at radius 3 is 2.78 bits per heavy atom. The van der Waals surface area contributed by atoms with Crippen molar-refractivity contribution in [3.8, 4) is 0 Å². The van der Waals surface area contributed by atoms with Crippen LogP contribution in [-0.4, -0.2) is 7.05 Å². The van der Waals surface area contributed by atoms with Gasteiger partial charge in [-0.1, -0.05) is 44.7 Å². The average molecular weight is 357 g/mol. The summed E-state index contributed by atoms with van der Waals surface area (Å²) in [7, 11) is 2.12. The van der Waals surface area contributed by atoms with Crippen LogP contribution >= 0.6 is 22.6 Å². The first kappa shape index (κ1) is 14.3. The van der Waals surface area contributed by atoms with Crippen molar-refractivity contribution in [3.63, 3.8) is 0 Å². The largest absolute Gasteiger partial charge is 0.313 e. The summed E-state index contributed by atoms with van der Waals surface area (Å²) in [6.45, 7) is 2.35. The summed E-state index contributed by atoms with van der Waals surface area (Å²) >= 11 is 2.41. The molecule has 100 valence electrons. The van der Waals surface area contributed by atoms with E-state index in [4.69, 9.17) is 0 Å². The van der Waals surface area contributed by atoms with Crippen LogP contribution < -0.4 is 5.32 Å². The van der Waals surface area contributed by atoms with E-state index in [0.29, 0.717) is 6.04 Å². The molecular formula is C16H24IN. The molecule has 1 fully saturated rings. The predicted octanol–water partition coefficient (Wildman–Crippen LogP) is 4.77. The maximum Gasteiger partial charge on any atom is 0.0349 e. The van der Waals surface area contributed by atoms with Crippen LogP contribution in [0.2, 0.25) is 0 Å². The van der Waals surface area contributed by atoms with E-state index in [-0.39, 0.29) is 0 Å². The highest BCUT2D eigenvalue weighted by Crippen LogP contribution is 2.40. The van der Waals surface area contributed by atoms with E-state index in [2.05, 4.69) is 66.1 Å². The number of rotatable bonds is 4. The molecule has 2 rings (SSSR count). The zero-order valence-corrected chi connectivity index (χ0v) is 13.6. The lowest BCUT2D eigenvalue weighted by molar-refractivity contribution is 0.180. The lowest BCUT2D eigenvalue weighted by Gasteiger charge is -2.37. The molecular weight excluding hydrogens is 333 g/mol. The maximum atomic E-state index is 3.58. The van der Waals surface area contributed by atoms with Crippen LogP contribution in [-0.2, 0) is 0 Å². The second-order valence-electron chi connectivity index (χ2n) is 5.44. The molecule has 1 aromatic carbocycles. The zero-order valence-electron chi connectivity index (χ0n) is 11.5. The van der Waals surface area contributed by atoms with Crippen LogP contribution in [0.5, 0.6) is 0 Å². The van der Waals surface area contributed by atoms with E-state index in [9.17, 15) is 0 Å². The van der Waals surface area contributed by atoms with Gasteiger partial charge in [0.25, 0.3) is 0 Å². The second-order valence-corrected chi connectivity index (χ2v) is 6.68. The SMILES string of the molecule is CCC1CCCCC1C(NC)c1cccc(I)c1. The van der Waals surface area contributed by atoms with E-state index in [1.807, 2.05) is 0 Å². The molecule has 1 aliphatic carbocycles. The van der Waals surface area contributed by atoms with Gasteiger partial charge in [-0.2, -0.15) is 0 Å². The summed E-state index contributed by atoms with van der Waals surface area (Å²) in [5.41, 5.74) is 1.47. The Bertz CT molecular complexity index is 377. The van der Waals surface area contributed by atoms with Gasteiger partial charge in [0.1, 0.15) is 0 Å². The molecule has 18 heavy (non-hydrogen) atoms. The summed E-state index contributed by atoms with van der Waals surface area (Å²) in [6, 6.07) is 9.51. The third-order valence-electron chi connectivity index (χ3n) is 4.44. The Balaban J connectivity index is 2.21. The van der Waals surface area contributed by atoms with Gasteiger partial charge < -0.3 is 5.32 Å². The van der Waals surface area contributed by atoms with Crippen molar-refractivity contribution in [2.45, 2.75) is 45.1 Å². The van der Waals surface area contributed by atoms with Crippen molar-refractivity contribution in [1.82, 2.24) is 5.32 Å². The second kappa shape index (κ2) is 6.90. The first-order valence-corrected chi connectivity index (χ1v) is 8.26. The van der Waals surface area contributed by atoms with Gasteiger partial charge in [0.2, 0.25) is 0 Å². The quantitative estimate of drug-likeness (QED) is 0.766. The fourth-order valence-corrected chi connectivity index (χ4v) is 4.08. The fraction of sp³-hybridized carbons (Fsp3) is 0.625. The molecule has 0 saturated heterocycles. The Labute approximate surface area is 125 Å². The van der Waals surface area contributed by atoms with Gasteiger partial charge >= 0.3 is 0 Å². The summed E-state index contributed by atoms with van der Waals surface area (Å²) in [5.74, 6) is 1.71. The maximum absolute atomic E-state index is 3.58. The Morgan fingerprint density at radius 2 is 2.11 bits per heavy atom. The van der Waals surface area contributed by atoms with Crippen molar-refractivity contribution < 1.29 is 0 Å². The lowest BCUT2D eigenvalue weighted by atomic mass is 9.72. The lowest BCUT2D eigenvalue weighted by Crippen LogP contribution is -2.32. The topological polar surface area (TPSA) is 12.0 Å². The number of benzene rings is 1. The fourth-order valence-electron chi connectivity index (χ4n) is 3.51. The standard InChI is InChI=1S/C16H24IN/c1-3-12-7-4-5-10-15(12)16(18-2)13-8-6-9-14(17)11-13/h6,8-9,11-12,15-16,18H,3-5,7,10H2,1-2H3. The molecule has 0 spiro atoms. The van der Waals surface area contributed by atoms with E-state index in [1.165, 1.54) is 41.2 Å². The first-order valence-electron chi connectivity index (χ1n) is 7.19. The minimum atomic E-state index is 0.532. The van der Waals surface area contributed by atoms with Crippen molar-refractivity contribution >= 4 is 22.6 Å². The molecule has 0 aromatic heterocycles. The minimum Gasteiger partial charge on any atom is -0.313 e.